The van der Waals surface area contributed by atoms with E-state index in [0.29, 0.717) is 11.5 Å². The normalized spacial score (nSPS) is 19.4. The summed E-state index contributed by atoms with van der Waals surface area (Å²) in [5.41, 5.74) is 2.42. The summed E-state index contributed by atoms with van der Waals surface area (Å²) in [6, 6.07) is 7.58. The van der Waals surface area contributed by atoms with Crippen molar-refractivity contribution in [3.63, 3.8) is 0 Å². The molecule has 0 bridgehead atoms. The van der Waals surface area contributed by atoms with Crippen LogP contribution < -0.4 is 4.90 Å². The molecule has 1 fully saturated rings. The van der Waals surface area contributed by atoms with Crippen LogP contribution >= 0.6 is 0 Å². The molecule has 108 valence electrons. The number of piperidine rings is 1. The number of nitriles is 1. The van der Waals surface area contributed by atoms with E-state index in [1.807, 2.05) is 19.1 Å². The van der Waals surface area contributed by atoms with Crippen molar-refractivity contribution in [2.75, 3.05) is 18.0 Å². The van der Waals surface area contributed by atoms with Crippen molar-refractivity contribution in [2.24, 2.45) is 5.92 Å². The minimum absolute atomic E-state index is 0.265. The van der Waals surface area contributed by atoms with Gasteiger partial charge in [0.05, 0.1) is 23.8 Å². The zero-order chi connectivity index (χ0) is 14.7. The van der Waals surface area contributed by atoms with E-state index < -0.39 is 6.10 Å². The summed E-state index contributed by atoms with van der Waals surface area (Å²) in [7, 11) is 0. The van der Waals surface area contributed by atoms with E-state index in [-0.39, 0.29) is 6.10 Å². The largest absolute Gasteiger partial charge is 0.393 e. The van der Waals surface area contributed by atoms with Crippen molar-refractivity contribution in [1.82, 2.24) is 0 Å². The van der Waals surface area contributed by atoms with E-state index in [1.165, 1.54) is 0 Å². The van der Waals surface area contributed by atoms with E-state index in [2.05, 4.69) is 11.0 Å². The van der Waals surface area contributed by atoms with E-state index in [4.69, 9.17) is 5.26 Å². The molecular formula is C16H22N2O2. The van der Waals surface area contributed by atoms with Crippen LogP contribution in [0.4, 0.5) is 5.69 Å². The van der Waals surface area contributed by atoms with Crippen molar-refractivity contribution in [2.45, 2.75) is 38.9 Å². The van der Waals surface area contributed by atoms with Gasteiger partial charge in [0.25, 0.3) is 0 Å². The van der Waals surface area contributed by atoms with Gasteiger partial charge in [-0.15, -0.1) is 0 Å². The fourth-order valence-corrected chi connectivity index (χ4v) is 2.86. The number of aliphatic hydroxyl groups excluding tert-OH is 2. The molecule has 1 aliphatic heterocycles. The fraction of sp³-hybridized carbons (Fsp3) is 0.562. The zero-order valence-corrected chi connectivity index (χ0v) is 12.1. The SMILES string of the molecule is CC(O)C1CCN(c2cc(C#N)ccc2[C@@H](C)O)CC1. The molecule has 20 heavy (non-hydrogen) atoms. The van der Waals surface area contributed by atoms with Crippen LogP contribution in [0.3, 0.4) is 0 Å². The molecule has 1 aromatic carbocycles. The molecule has 4 heteroatoms. The number of aliphatic hydroxyl groups is 2. The molecule has 1 heterocycles. The number of rotatable bonds is 3. The summed E-state index contributed by atoms with van der Waals surface area (Å²) in [4.78, 5) is 2.21. The van der Waals surface area contributed by atoms with Crippen LogP contribution in [0.2, 0.25) is 0 Å². The van der Waals surface area contributed by atoms with Gasteiger partial charge in [0.2, 0.25) is 0 Å². The van der Waals surface area contributed by atoms with Gasteiger partial charge < -0.3 is 15.1 Å². The maximum atomic E-state index is 9.89. The highest BCUT2D eigenvalue weighted by atomic mass is 16.3. The third kappa shape index (κ3) is 3.12. The summed E-state index contributed by atoms with van der Waals surface area (Å²) in [5, 5.41) is 28.6. The Morgan fingerprint density at radius 1 is 1.25 bits per heavy atom. The Morgan fingerprint density at radius 2 is 1.90 bits per heavy atom. The molecule has 2 N–H and O–H groups in total. The number of anilines is 1. The standard InChI is InChI=1S/C16H22N2O2/c1-11(19)14-5-7-18(8-6-14)16-9-13(10-17)3-4-15(16)12(2)20/h3-4,9,11-12,14,19-20H,5-8H2,1-2H3/t11?,12-/m1/s1. The second-order valence-corrected chi connectivity index (χ2v) is 5.63. The Kier molecular flexibility index (Phi) is 4.64. The molecule has 1 aromatic rings. The van der Waals surface area contributed by atoms with E-state index >= 15 is 0 Å². The highest BCUT2D eigenvalue weighted by Crippen LogP contribution is 2.31. The lowest BCUT2D eigenvalue weighted by Crippen LogP contribution is -2.37. The molecule has 0 radical (unpaired) electrons. The number of nitrogens with zero attached hydrogens (tertiary/aromatic N) is 2. The molecule has 0 saturated carbocycles. The molecular weight excluding hydrogens is 252 g/mol. The van der Waals surface area contributed by atoms with Crippen LogP contribution in [0.5, 0.6) is 0 Å². The van der Waals surface area contributed by atoms with Crippen molar-refractivity contribution >= 4 is 5.69 Å². The van der Waals surface area contributed by atoms with Crippen LogP contribution in [0.25, 0.3) is 0 Å². The summed E-state index contributed by atoms with van der Waals surface area (Å²) in [5.74, 6) is 0.348. The van der Waals surface area contributed by atoms with Gasteiger partial charge in [0.1, 0.15) is 0 Å². The molecule has 2 rings (SSSR count). The van der Waals surface area contributed by atoms with Crippen molar-refractivity contribution < 1.29 is 10.2 Å². The average molecular weight is 274 g/mol. The van der Waals surface area contributed by atoms with Crippen molar-refractivity contribution in [3.05, 3.63) is 29.3 Å². The lowest BCUT2D eigenvalue weighted by Gasteiger charge is -2.36. The Balaban J connectivity index is 2.22. The molecule has 0 spiro atoms. The first-order valence-electron chi connectivity index (χ1n) is 7.18. The smallest absolute Gasteiger partial charge is 0.0992 e. The van der Waals surface area contributed by atoms with Crippen LogP contribution in [0, 0.1) is 17.2 Å². The zero-order valence-electron chi connectivity index (χ0n) is 12.1. The summed E-state index contributed by atoms with van der Waals surface area (Å²) in [6.07, 6.45) is 1.06. The van der Waals surface area contributed by atoms with Crippen LogP contribution in [-0.4, -0.2) is 29.4 Å². The fourth-order valence-electron chi connectivity index (χ4n) is 2.86. The van der Waals surface area contributed by atoms with Gasteiger partial charge in [-0.1, -0.05) is 6.07 Å². The minimum Gasteiger partial charge on any atom is -0.393 e. The number of hydrogen-bond donors (Lipinski definition) is 2. The maximum Gasteiger partial charge on any atom is 0.0992 e. The van der Waals surface area contributed by atoms with Crippen LogP contribution in [-0.2, 0) is 0 Å². The average Bonchev–Trinajstić information content (AvgIpc) is 2.46. The highest BCUT2D eigenvalue weighted by Gasteiger charge is 2.24. The van der Waals surface area contributed by atoms with Gasteiger partial charge in [-0.25, -0.2) is 0 Å². The molecule has 1 aliphatic rings. The predicted molar refractivity (Wildman–Crippen MR) is 78.4 cm³/mol. The first kappa shape index (κ1) is 14.8. The second-order valence-electron chi connectivity index (χ2n) is 5.63. The summed E-state index contributed by atoms with van der Waals surface area (Å²) >= 11 is 0. The van der Waals surface area contributed by atoms with Crippen molar-refractivity contribution in [1.29, 1.82) is 5.26 Å². The van der Waals surface area contributed by atoms with Crippen LogP contribution in [0.15, 0.2) is 18.2 Å². The third-order valence-electron chi connectivity index (χ3n) is 4.17. The lowest BCUT2D eigenvalue weighted by atomic mass is 9.91. The predicted octanol–water partition coefficient (Wildman–Crippen LogP) is 2.21. The Bertz CT molecular complexity index is 498. The molecule has 4 nitrogen and oxygen atoms in total. The van der Waals surface area contributed by atoms with E-state index in [9.17, 15) is 10.2 Å². The van der Waals surface area contributed by atoms with E-state index in [0.717, 1.165) is 37.2 Å². The van der Waals surface area contributed by atoms with Gasteiger partial charge in [-0.3, -0.25) is 0 Å². The molecule has 0 amide bonds. The second kappa shape index (κ2) is 6.25. The quantitative estimate of drug-likeness (QED) is 0.886. The number of benzene rings is 1. The van der Waals surface area contributed by atoms with Crippen LogP contribution in [0.1, 0.15) is 43.9 Å². The summed E-state index contributed by atoms with van der Waals surface area (Å²) in [6.45, 7) is 5.29. The topological polar surface area (TPSA) is 67.5 Å². The van der Waals surface area contributed by atoms with E-state index in [1.54, 1.807) is 13.0 Å². The lowest BCUT2D eigenvalue weighted by molar-refractivity contribution is 0.109. The Labute approximate surface area is 120 Å². The molecule has 2 atom stereocenters. The highest BCUT2D eigenvalue weighted by molar-refractivity contribution is 5.58. The monoisotopic (exact) mass is 274 g/mol. The van der Waals surface area contributed by atoms with Crippen molar-refractivity contribution in [3.8, 4) is 6.07 Å². The summed E-state index contributed by atoms with van der Waals surface area (Å²) < 4.78 is 0. The first-order chi connectivity index (χ1) is 9.52. The van der Waals surface area contributed by atoms with Gasteiger partial charge in [-0.2, -0.15) is 5.26 Å². The Morgan fingerprint density at radius 3 is 2.40 bits per heavy atom. The third-order valence-corrected chi connectivity index (χ3v) is 4.17. The van der Waals surface area contributed by atoms with Gasteiger partial charge in [-0.05, 0) is 44.7 Å². The Hall–Kier alpha value is -1.57. The molecule has 0 aromatic heterocycles. The first-order valence-corrected chi connectivity index (χ1v) is 7.18. The van der Waals surface area contributed by atoms with Gasteiger partial charge in [0, 0.05) is 24.3 Å². The number of hydrogen-bond acceptors (Lipinski definition) is 4. The molecule has 1 unspecified atom stereocenters. The maximum absolute atomic E-state index is 9.89. The van der Waals surface area contributed by atoms with Gasteiger partial charge >= 0.3 is 0 Å². The minimum atomic E-state index is -0.549. The molecule has 0 aliphatic carbocycles. The molecule has 1 saturated heterocycles. The van der Waals surface area contributed by atoms with Gasteiger partial charge in [0.15, 0.2) is 0 Å².